The topological polar surface area (TPSA) is 96.2 Å². The lowest BCUT2D eigenvalue weighted by atomic mass is 9.48. The normalized spacial score (nSPS) is 54.3. The van der Waals surface area contributed by atoms with Crippen LogP contribution in [-0.2, 0) is 13.8 Å². The molecule has 132 valence electrons. The van der Waals surface area contributed by atoms with Gasteiger partial charge in [-0.2, -0.15) is 0 Å². The van der Waals surface area contributed by atoms with E-state index in [-0.39, 0.29) is 18.1 Å². The summed E-state index contributed by atoms with van der Waals surface area (Å²) in [5, 5.41) is 20.9. The summed E-state index contributed by atoms with van der Waals surface area (Å²) in [7, 11) is -4.18. The van der Waals surface area contributed by atoms with Crippen LogP contribution in [-0.4, -0.2) is 53.7 Å². The number of ether oxygens (including phenoxy) is 1. The maximum absolute atomic E-state index is 11.4. The van der Waals surface area contributed by atoms with Crippen molar-refractivity contribution in [3.63, 3.8) is 0 Å². The Hall–Kier alpha value is 0.0949. The highest BCUT2D eigenvalue weighted by Crippen LogP contribution is 2.63. The summed E-state index contributed by atoms with van der Waals surface area (Å²) in [5.41, 5.74) is -0.0131. The van der Waals surface area contributed by atoms with E-state index in [2.05, 4.69) is 0 Å². The summed E-state index contributed by atoms with van der Waals surface area (Å²) in [5.74, 6) is 2.23. The maximum Gasteiger partial charge on any atom is 0.144 e. The van der Waals surface area contributed by atoms with Gasteiger partial charge in [0.25, 0.3) is 0 Å². The number of aliphatic hydroxyl groups is 2. The molecule has 6 nitrogen and oxygen atoms in total. The first kappa shape index (κ1) is 16.6. The molecule has 5 aliphatic rings. The summed E-state index contributed by atoms with van der Waals surface area (Å²) >= 11 is 0. The molecule has 0 aromatic rings. The minimum atomic E-state index is -3.36. The van der Waals surface area contributed by atoms with Crippen LogP contribution in [0.2, 0.25) is 0 Å². The van der Waals surface area contributed by atoms with Crippen molar-refractivity contribution in [2.45, 2.75) is 62.9 Å². The van der Waals surface area contributed by atoms with Gasteiger partial charge in [-0.1, -0.05) is 0 Å². The van der Waals surface area contributed by atoms with Gasteiger partial charge in [0.15, 0.2) is 0 Å². The van der Waals surface area contributed by atoms with Crippen LogP contribution in [0.15, 0.2) is 0 Å². The molecule has 1 heterocycles. The van der Waals surface area contributed by atoms with Crippen LogP contribution in [0.3, 0.4) is 0 Å². The van der Waals surface area contributed by atoms with E-state index in [0.29, 0.717) is 0 Å². The number of rotatable bonds is 4. The minimum Gasteiger partial charge on any atom is -0.388 e. The SMILES string of the molecule is [BH3-]P(=O)(O)OCC1OC(C23CC4CC(CC(C4)C2)C3)C(O)C1O. The van der Waals surface area contributed by atoms with E-state index >= 15 is 0 Å². The van der Waals surface area contributed by atoms with Crippen LogP contribution >= 0.6 is 7.47 Å². The smallest absolute Gasteiger partial charge is 0.144 e. The first-order chi connectivity index (χ1) is 10.8. The van der Waals surface area contributed by atoms with E-state index in [0.717, 1.165) is 37.0 Å². The summed E-state index contributed by atoms with van der Waals surface area (Å²) in [4.78, 5) is 9.37. The van der Waals surface area contributed by atoms with Crippen LogP contribution in [0.4, 0.5) is 0 Å². The molecule has 5 unspecified atom stereocenters. The van der Waals surface area contributed by atoms with Gasteiger partial charge >= 0.3 is 0 Å². The third-order valence-corrected chi connectivity index (χ3v) is 6.77. The number of aliphatic hydroxyl groups excluding tert-OH is 2. The molecule has 5 rings (SSSR count). The molecule has 3 N–H and O–H groups in total. The van der Waals surface area contributed by atoms with Gasteiger partial charge in [0.05, 0.1) is 20.3 Å². The highest BCUT2D eigenvalue weighted by Gasteiger charge is 2.60. The monoisotopic (exact) mass is 345 g/mol. The largest absolute Gasteiger partial charge is 0.388 e. The number of hydrogen-bond acceptors (Lipinski definition) is 5. The van der Waals surface area contributed by atoms with E-state index in [1.165, 1.54) is 19.3 Å². The lowest BCUT2D eigenvalue weighted by Gasteiger charge is -2.59. The van der Waals surface area contributed by atoms with Crippen molar-refractivity contribution in [3.8, 4) is 0 Å². The third kappa shape index (κ3) is 2.94. The van der Waals surface area contributed by atoms with E-state index < -0.39 is 33.4 Å². The summed E-state index contributed by atoms with van der Waals surface area (Å²) in [6, 6.07) is 0. The maximum atomic E-state index is 11.4. The minimum absolute atomic E-state index is 0.0131. The first-order valence-electron chi connectivity index (χ1n) is 8.27. The molecule has 1 aliphatic heterocycles. The number of hydrogen-bond donors (Lipinski definition) is 3. The van der Waals surface area contributed by atoms with Gasteiger partial charge < -0.3 is 28.9 Å². The lowest BCUT2D eigenvalue weighted by molar-refractivity contribution is -0.158. The zero-order chi connectivity index (χ0) is 16.4. The average molecular weight is 345 g/mol. The Morgan fingerprint density at radius 3 is 2.09 bits per heavy atom. The van der Waals surface area contributed by atoms with Gasteiger partial charge in [-0.15, -0.1) is 0 Å². The molecule has 0 radical (unpaired) electrons. The molecule has 0 aromatic carbocycles. The van der Waals surface area contributed by atoms with Gasteiger partial charge in [0, 0.05) is 5.41 Å². The fourth-order valence-corrected chi connectivity index (χ4v) is 6.33. The van der Waals surface area contributed by atoms with Gasteiger partial charge in [0.1, 0.15) is 25.8 Å². The fraction of sp³-hybridized carbons (Fsp3) is 1.00. The Morgan fingerprint density at radius 2 is 1.61 bits per heavy atom. The highest BCUT2D eigenvalue weighted by molar-refractivity contribution is 7.78. The summed E-state index contributed by atoms with van der Waals surface area (Å²) in [6.45, 7) is -0.0988. The Morgan fingerprint density at radius 1 is 1.09 bits per heavy atom. The Bertz CT molecular complexity index is 487. The quantitative estimate of drug-likeness (QED) is 0.497. The van der Waals surface area contributed by atoms with E-state index in [1.807, 2.05) is 0 Å². The Balaban J connectivity index is 1.50. The van der Waals surface area contributed by atoms with Gasteiger partial charge in [0.2, 0.25) is 0 Å². The molecule has 8 heteroatoms. The van der Waals surface area contributed by atoms with E-state index in [4.69, 9.17) is 9.26 Å². The predicted molar refractivity (Wildman–Crippen MR) is 87.0 cm³/mol. The molecule has 4 aliphatic carbocycles. The molecule has 0 aromatic heterocycles. The lowest BCUT2D eigenvalue weighted by Crippen LogP contribution is -2.54. The zero-order valence-corrected chi connectivity index (χ0v) is 13.4. The third-order valence-electron chi connectivity index (χ3n) is 6.40. The molecule has 5 atom stereocenters. The Labute approximate surface area is 137 Å². The van der Waals surface area contributed by atoms with Gasteiger partial charge in [-0.25, -0.2) is 0 Å². The molecule has 0 spiro atoms. The van der Waals surface area contributed by atoms with Crippen molar-refractivity contribution < 1.29 is 28.9 Å². The molecule has 23 heavy (non-hydrogen) atoms. The van der Waals surface area contributed by atoms with Crippen molar-refractivity contribution in [2.75, 3.05) is 6.61 Å². The fourth-order valence-electron chi connectivity index (χ4n) is 6.06. The highest BCUT2D eigenvalue weighted by atomic mass is 31.2. The summed E-state index contributed by atoms with van der Waals surface area (Å²) in [6.07, 6.45) is 4.21. The average Bonchev–Trinajstić information content (AvgIpc) is 2.71. The first-order valence-corrected chi connectivity index (χ1v) is 9.40. The van der Waals surface area contributed by atoms with E-state index in [1.54, 1.807) is 0 Å². The van der Waals surface area contributed by atoms with Crippen molar-refractivity contribution in [2.24, 2.45) is 23.2 Å². The predicted octanol–water partition coefficient (Wildman–Crippen LogP) is 0.174. The van der Waals surface area contributed by atoms with Crippen molar-refractivity contribution >= 4 is 15.0 Å². The molecule has 1 saturated heterocycles. The molecular weight excluding hydrogens is 318 g/mol. The second-order valence-electron chi connectivity index (χ2n) is 7.89. The van der Waals surface area contributed by atoms with Crippen LogP contribution < -0.4 is 0 Å². The van der Waals surface area contributed by atoms with Crippen LogP contribution in [0.5, 0.6) is 0 Å². The van der Waals surface area contributed by atoms with Crippen molar-refractivity contribution in [3.05, 3.63) is 0 Å². The zero-order valence-electron chi connectivity index (χ0n) is 12.5. The molecular formula is C15H27BO6P-. The summed E-state index contributed by atoms with van der Waals surface area (Å²) < 4.78 is 22.5. The van der Waals surface area contributed by atoms with Crippen molar-refractivity contribution in [1.29, 1.82) is 0 Å². The molecule has 5 fully saturated rings. The Kier molecular flexibility index (Phi) is 3.99. The van der Waals surface area contributed by atoms with Gasteiger partial charge in [-0.3, -0.25) is 0 Å². The standard InChI is InChI=1S/C15H27BO6P/c16-23(19,20)21-7-11-12(17)13(18)14(22-11)15-4-8-1-9(5-15)3-10(2-8)6-15/h8-14,17-18H,1-7H2,16H3,(H,19,20)/q-1. The van der Waals surface area contributed by atoms with E-state index in [9.17, 15) is 19.7 Å². The van der Waals surface area contributed by atoms with Crippen LogP contribution in [0.25, 0.3) is 0 Å². The molecule has 4 saturated carbocycles. The second kappa shape index (κ2) is 5.55. The molecule has 0 amide bonds. The van der Waals surface area contributed by atoms with Crippen molar-refractivity contribution in [1.82, 2.24) is 0 Å². The molecule has 4 bridgehead atoms. The van der Waals surface area contributed by atoms with Crippen LogP contribution in [0.1, 0.15) is 38.5 Å². The van der Waals surface area contributed by atoms with Gasteiger partial charge in [-0.05, 0) is 56.3 Å². The second-order valence-corrected chi connectivity index (χ2v) is 8.62. The van der Waals surface area contributed by atoms with Crippen LogP contribution in [0, 0.1) is 23.2 Å².